The van der Waals surface area contributed by atoms with Gasteiger partial charge < -0.3 is 0 Å². The second kappa shape index (κ2) is 13.6. The molecule has 0 atom stereocenters. The summed E-state index contributed by atoms with van der Waals surface area (Å²) in [6, 6.07) is 76.8. The topological polar surface area (TPSA) is 38.7 Å². The van der Waals surface area contributed by atoms with Crippen LogP contribution < -0.4 is 0 Å². The minimum Gasteiger partial charge on any atom is -0.208 e. The standard InChI is InChI=1S/C58H35N3S/c1-2-15-36(16-3-1)55-59-56(61-57(60-55)47-24-5-4-19-41(47)39-29-31-46-45-23-9-13-28-53(45)62-54(46)35-39)40-18-14-17-37(33-40)38-30-32-52-48(34-38)44-22-8-12-27-51(44)58(52)49-25-10-6-20-42(49)43-21-7-11-26-50(43)58/h1-35H. The molecule has 288 valence electrons. The average molecular weight is 806 g/mol. The summed E-state index contributed by atoms with van der Waals surface area (Å²) >= 11 is 1.83. The van der Waals surface area contributed by atoms with Crippen molar-refractivity contribution in [1.82, 2.24) is 15.0 Å². The fraction of sp³-hybridized carbons (Fsp3) is 0.0172. The number of rotatable bonds is 5. The molecule has 2 heterocycles. The Hall–Kier alpha value is -7.79. The molecule has 9 aromatic carbocycles. The summed E-state index contributed by atoms with van der Waals surface area (Å²) in [5.74, 6) is 1.92. The van der Waals surface area contributed by atoms with Gasteiger partial charge in [-0.25, -0.2) is 15.0 Å². The van der Waals surface area contributed by atoms with Crippen molar-refractivity contribution in [3.63, 3.8) is 0 Å². The van der Waals surface area contributed by atoms with E-state index in [2.05, 4.69) is 194 Å². The summed E-state index contributed by atoms with van der Waals surface area (Å²) < 4.78 is 2.56. The summed E-state index contributed by atoms with van der Waals surface area (Å²) in [6.07, 6.45) is 0. The van der Waals surface area contributed by atoms with E-state index in [9.17, 15) is 0 Å². The first-order valence-electron chi connectivity index (χ1n) is 21.1. The molecule has 0 bridgehead atoms. The predicted molar refractivity (Wildman–Crippen MR) is 256 cm³/mol. The maximum absolute atomic E-state index is 5.28. The van der Waals surface area contributed by atoms with Crippen LogP contribution in [0.1, 0.15) is 22.3 Å². The number of fused-ring (bicyclic) bond motifs is 13. The summed E-state index contributed by atoms with van der Waals surface area (Å²) in [4.78, 5) is 15.6. The third-order valence-electron chi connectivity index (χ3n) is 13.0. The van der Waals surface area contributed by atoms with E-state index in [1.807, 2.05) is 29.5 Å². The second-order valence-electron chi connectivity index (χ2n) is 16.3. The lowest BCUT2D eigenvalue weighted by Crippen LogP contribution is -2.25. The smallest absolute Gasteiger partial charge is 0.164 e. The van der Waals surface area contributed by atoms with Crippen molar-refractivity contribution in [1.29, 1.82) is 0 Å². The highest BCUT2D eigenvalue weighted by molar-refractivity contribution is 7.25. The Bertz CT molecular complexity index is 3560. The molecule has 0 aliphatic heterocycles. The summed E-state index contributed by atoms with van der Waals surface area (Å²) in [5.41, 5.74) is 17.5. The van der Waals surface area contributed by atoms with Gasteiger partial charge in [0.05, 0.1) is 5.41 Å². The lowest BCUT2D eigenvalue weighted by atomic mass is 9.70. The van der Waals surface area contributed by atoms with Crippen molar-refractivity contribution in [3.05, 3.63) is 235 Å². The Morgan fingerprint density at radius 2 is 0.774 bits per heavy atom. The molecule has 0 saturated carbocycles. The quantitative estimate of drug-likeness (QED) is 0.174. The monoisotopic (exact) mass is 805 g/mol. The molecule has 0 fully saturated rings. The van der Waals surface area contributed by atoms with Gasteiger partial charge in [0.2, 0.25) is 0 Å². The number of benzene rings is 9. The summed E-state index contributed by atoms with van der Waals surface area (Å²) in [7, 11) is 0. The van der Waals surface area contributed by atoms with Gasteiger partial charge in [-0.3, -0.25) is 0 Å². The van der Waals surface area contributed by atoms with Crippen molar-refractivity contribution in [3.8, 4) is 78.7 Å². The molecule has 0 radical (unpaired) electrons. The molecule has 11 aromatic rings. The van der Waals surface area contributed by atoms with Crippen molar-refractivity contribution in [2.24, 2.45) is 0 Å². The number of thiophene rings is 1. The second-order valence-corrected chi connectivity index (χ2v) is 17.3. The first kappa shape index (κ1) is 35.0. The fourth-order valence-electron chi connectivity index (χ4n) is 10.3. The molecule has 3 nitrogen and oxygen atoms in total. The zero-order valence-electron chi connectivity index (χ0n) is 33.5. The van der Waals surface area contributed by atoms with E-state index >= 15 is 0 Å². The van der Waals surface area contributed by atoms with Crippen LogP contribution in [-0.4, -0.2) is 15.0 Å². The number of hydrogen-bond donors (Lipinski definition) is 0. The third kappa shape index (κ3) is 5.14. The van der Waals surface area contributed by atoms with Crippen LogP contribution in [0.3, 0.4) is 0 Å². The lowest BCUT2D eigenvalue weighted by Gasteiger charge is -2.30. The van der Waals surface area contributed by atoms with Crippen LogP contribution >= 0.6 is 11.3 Å². The zero-order chi connectivity index (χ0) is 40.8. The van der Waals surface area contributed by atoms with E-state index in [4.69, 9.17) is 15.0 Å². The molecular formula is C58H35N3S. The molecule has 0 unspecified atom stereocenters. The first-order chi connectivity index (χ1) is 30.7. The van der Waals surface area contributed by atoms with E-state index in [-0.39, 0.29) is 5.41 Å². The van der Waals surface area contributed by atoms with Gasteiger partial charge in [-0.1, -0.05) is 188 Å². The van der Waals surface area contributed by atoms with Crippen molar-refractivity contribution < 1.29 is 0 Å². The van der Waals surface area contributed by atoms with Crippen LogP contribution in [0.25, 0.3) is 98.8 Å². The Morgan fingerprint density at radius 3 is 1.52 bits per heavy atom. The molecule has 2 aliphatic rings. The van der Waals surface area contributed by atoms with Gasteiger partial charge in [0, 0.05) is 36.9 Å². The maximum atomic E-state index is 5.28. The largest absolute Gasteiger partial charge is 0.208 e. The van der Waals surface area contributed by atoms with Crippen LogP contribution in [0.2, 0.25) is 0 Å². The van der Waals surface area contributed by atoms with E-state index in [0.29, 0.717) is 17.5 Å². The Morgan fingerprint density at radius 1 is 0.274 bits per heavy atom. The van der Waals surface area contributed by atoms with Crippen LogP contribution in [0, 0.1) is 0 Å². The van der Waals surface area contributed by atoms with Crippen molar-refractivity contribution in [2.75, 3.05) is 0 Å². The van der Waals surface area contributed by atoms with E-state index in [1.165, 1.54) is 64.7 Å². The number of aromatic nitrogens is 3. The van der Waals surface area contributed by atoms with E-state index < -0.39 is 0 Å². The number of hydrogen-bond acceptors (Lipinski definition) is 4. The predicted octanol–water partition coefficient (Wildman–Crippen LogP) is 14.9. The van der Waals surface area contributed by atoms with Crippen LogP contribution in [0.5, 0.6) is 0 Å². The first-order valence-corrected chi connectivity index (χ1v) is 21.9. The summed E-state index contributed by atoms with van der Waals surface area (Å²) in [5, 5.41) is 2.57. The zero-order valence-corrected chi connectivity index (χ0v) is 34.3. The van der Waals surface area contributed by atoms with Crippen molar-refractivity contribution in [2.45, 2.75) is 5.41 Å². The molecule has 2 aromatic heterocycles. The fourth-order valence-corrected chi connectivity index (χ4v) is 11.4. The molecule has 4 heteroatoms. The Labute approximate surface area is 363 Å². The van der Waals surface area contributed by atoms with Gasteiger partial charge in [0.25, 0.3) is 0 Å². The van der Waals surface area contributed by atoms with Crippen molar-refractivity contribution >= 4 is 31.5 Å². The lowest BCUT2D eigenvalue weighted by molar-refractivity contribution is 0.794. The Kier molecular flexibility index (Phi) is 7.69. The molecule has 62 heavy (non-hydrogen) atoms. The highest BCUT2D eigenvalue weighted by Gasteiger charge is 2.51. The molecule has 1 spiro atoms. The van der Waals surface area contributed by atoms with Gasteiger partial charge in [0.1, 0.15) is 0 Å². The van der Waals surface area contributed by atoms with Crippen LogP contribution in [0.4, 0.5) is 0 Å². The molecular weight excluding hydrogens is 771 g/mol. The molecule has 13 rings (SSSR count). The highest BCUT2D eigenvalue weighted by atomic mass is 32.1. The minimum absolute atomic E-state index is 0.367. The molecule has 0 N–H and O–H groups in total. The van der Waals surface area contributed by atoms with Crippen LogP contribution in [-0.2, 0) is 5.41 Å². The Balaban J connectivity index is 0.945. The van der Waals surface area contributed by atoms with Gasteiger partial charge >= 0.3 is 0 Å². The molecule has 0 amide bonds. The third-order valence-corrected chi connectivity index (χ3v) is 14.1. The normalized spacial score (nSPS) is 13.0. The SMILES string of the molecule is c1ccc(-c2nc(-c3cccc(-c4ccc5c(c4)-c4ccccc4C54c5ccccc5-c5ccccc54)c3)nc(-c3ccccc3-c3ccc4c(c3)sc3ccccc34)n2)cc1. The highest BCUT2D eigenvalue weighted by Crippen LogP contribution is 2.63. The maximum Gasteiger partial charge on any atom is 0.164 e. The average Bonchev–Trinajstić information content (AvgIpc) is 3.98. The van der Waals surface area contributed by atoms with Gasteiger partial charge in [-0.2, -0.15) is 0 Å². The van der Waals surface area contributed by atoms with E-state index in [1.54, 1.807) is 0 Å². The van der Waals surface area contributed by atoms with Gasteiger partial charge in [0.15, 0.2) is 17.5 Å². The van der Waals surface area contributed by atoms with Gasteiger partial charge in [-0.15, -0.1) is 11.3 Å². The van der Waals surface area contributed by atoms with Gasteiger partial charge in [-0.05, 0) is 91.0 Å². The molecule has 0 saturated heterocycles. The molecule has 2 aliphatic carbocycles. The van der Waals surface area contributed by atoms with Crippen LogP contribution in [0.15, 0.2) is 212 Å². The van der Waals surface area contributed by atoms with E-state index in [0.717, 1.165) is 38.9 Å². The summed E-state index contributed by atoms with van der Waals surface area (Å²) in [6.45, 7) is 0. The minimum atomic E-state index is -0.367. The number of nitrogens with zero attached hydrogens (tertiary/aromatic N) is 3.